The van der Waals surface area contributed by atoms with Gasteiger partial charge in [-0.15, -0.1) is 0 Å². The van der Waals surface area contributed by atoms with Crippen LogP contribution in [0.2, 0.25) is 0 Å². The van der Waals surface area contributed by atoms with Gasteiger partial charge < -0.3 is 52.4 Å². The van der Waals surface area contributed by atoms with Crippen molar-refractivity contribution in [2.24, 2.45) is 11.5 Å². The Hall–Kier alpha value is -3.62. The summed E-state index contributed by atoms with van der Waals surface area (Å²) in [5.41, 5.74) is 10.8. The van der Waals surface area contributed by atoms with Crippen molar-refractivity contribution in [3.63, 3.8) is 0 Å². The monoisotopic (exact) mass is 670 g/mol. The number of thiol groups is 2. The Bertz CT molecular complexity index is 987. The van der Waals surface area contributed by atoms with Crippen LogP contribution in [0.1, 0.15) is 39.5 Å². The van der Waals surface area contributed by atoms with E-state index in [1.807, 2.05) is 0 Å². The van der Waals surface area contributed by atoms with Gasteiger partial charge in [0, 0.05) is 24.3 Å². The molecule has 0 aliphatic heterocycles. The predicted molar refractivity (Wildman–Crippen MR) is 161 cm³/mol. The van der Waals surface area contributed by atoms with Crippen molar-refractivity contribution in [2.75, 3.05) is 37.8 Å². The summed E-state index contributed by atoms with van der Waals surface area (Å²) < 4.78 is 9.35. The van der Waals surface area contributed by atoms with Gasteiger partial charge in [0.25, 0.3) is 0 Å². The first-order valence-electron chi connectivity index (χ1n) is 13.3. The van der Waals surface area contributed by atoms with Crippen LogP contribution in [0.5, 0.6) is 0 Å². The number of carboxylic acids is 2. The normalized spacial score (nSPS) is 12.9. The van der Waals surface area contributed by atoms with Crippen molar-refractivity contribution in [1.29, 1.82) is 0 Å². The van der Waals surface area contributed by atoms with E-state index in [0.717, 1.165) is 0 Å². The Balaban J connectivity index is 0. The van der Waals surface area contributed by atoms with Gasteiger partial charge in [-0.2, -0.15) is 25.3 Å². The van der Waals surface area contributed by atoms with Crippen molar-refractivity contribution in [1.82, 2.24) is 21.3 Å². The molecule has 0 spiro atoms. The van der Waals surface area contributed by atoms with Crippen LogP contribution in [0.25, 0.3) is 0 Å². The van der Waals surface area contributed by atoms with E-state index in [0.29, 0.717) is 0 Å². The lowest BCUT2D eigenvalue weighted by Crippen LogP contribution is -2.49. The quantitative estimate of drug-likeness (QED) is 0.0445. The molecule has 10 N–H and O–H groups in total. The number of rotatable bonds is 20. The van der Waals surface area contributed by atoms with Gasteiger partial charge in [0.1, 0.15) is 37.3 Å². The first-order valence-corrected chi connectivity index (χ1v) is 14.5. The van der Waals surface area contributed by atoms with Crippen LogP contribution in [-0.4, -0.2) is 120 Å². The largest absolute Gasteiger partial charge is 0.480 e. The summed E-state index contributed by atoms with van der Waals surface area (Å²) in [6, 6.07) is -3.96. The lowest BCUT2D eigenvalue weighted by Gasteiger charge is -2.16. The molecular formula is C24H42N6O12S2. The number of amides is 4. The second kappa shape index (κ2) is 24.8. The standard InChI is InChI=1S/2C12H21N3O6S/c1-2-21-10(17)5-14-11(18)8(6-22)15-9(16)4-3-7(13)12(19)20;1-2-21-12(20)7(13)3-4-9(16)15-8(6-22)11(19)14-5-10(17)18/h7-8,22H,2-6,13H2,1H3,(H,14,18)(H,15,16)(H,19,20);7-8,22H,2-6,13H2,1H3,(H,14,19)(H,15,16)(H,17,18)/t2*7-,8-/m00/s1. The average Bonchev–Trinajstić information content (AvgIpc) is 2.97. The number of esters is 2. The Morgan fingerprint density at radius 3 is 1.52 bits per heavy atom. The van der Waals surface area contributed by atoms with Crippen molar-refractivity contribution in [3.8, 4) is 0 Å². The zero-order valence-corrected chi connectivity index (χ0v) is 26.2. The van der Waals surface area contributed by atoms with E-state index in [9.17, 15) is 38.4 Å². The Kier molecular flexibility index (Phi) is 23.9. The second-order valence-corrected chi connectivity index (χ2v) is 9.35. The van der Waals surface area contributed by atoms with Gasteiger partial charge >= 0.3 is 23.9 Å². The number of ether oxygens (including phenoxy) is 2. The summed E-state index contributed by atoms with van der Waals surface area (Å²) in [6.45, 7) is 2.82. The molecule has 18 nitrogen and oxygen atoms in total. The molecule has 252 valence electrons. The third kappa shape index (κ3) is 21.1. The summed E-state index contributed by atoms with van der Waals surface area (Å²) in [7, 11) is 0. The first kappa shape index (κ1) is 42.5. The minimum absolute atomic E-state index is 0.00111. The van der Waals surface area contributed by atoms with E-state index in [2.05, 4.69) is 51.3 Å². The molecule has 0 heterocycles. The maximum Gasteiger partial charge on any atom is 0.325 e. The van der Waals surface area contributed by atoms with Crippen LogP contribution >= 0.6 is 25.3 Å². The van der Waals surface area contributed by atoms with Gasteiger partial charge in [-0.05, 0) is 26.7 Å². The second-order valence-electron chi connectivity index (χ2n) is 8.62. The lowest BCUT2D eigenvalue weighted by molar-refractivity contribution is -0.145. The fraction of sp³-hybridized carbons (Fsp3) is 0.667. The number of carbonyl (C=O) groups excluding carboxylic acids is 6. The number of hydrogen-bond acceptors (Lipinski definition) is 14. The van der Waals surface area contributed by atoms with Gasteiger partial charge in [0.15, 0.2) is 0 Å². The summed E-state index contributed by atoms with van der Waals surface area (Å²) >= 11 is 7.87. The van der Waals surface area contributed by atoms with Gasteiger partial charge in [-0.25, -0.2) is 0 Å². The van der Waals surface area contributed by atoms with Crippen molar-refractivity contribution in [2.45, 2.75) is 63.7 Å². The molecule has 0 saturated carbocycles. The van der Waals surface area contributed by atoms with E-state index >= 15 is 0 Å². The Morgan fingerprint density at radius 2 is 1.14 bits per heavy atom. The minimum Gasteiger partial charge on any atom is -0.480 e. The fourth-order valence-electron chi connectivity index (χ4n) is 2.77. The summed E-state index contributed by atoms with van der Waals surface area (Å²) in [5.74, 6) is -5.82. The van der Waals surface area contributed by atoms with Crippen LogP contribution in [0.4, 0.5) is 0 Å². The van der Waals surface area contributed by atoms with Gasteiger partial charge in [-0.3, -0.25) is 38.4 Å². The van der Waals surface area contributed by atoms with Crippen molar-refractivity contribution >= 4 is 72.8 Å². The van der Waals surface area contributed by atoms with E-state index < -0.39 is 78.2 Å². The molecule has 0 aromatic heterocycles. The SMILES string of the molecule is CCOC(=O)CNC(=O)[C@H](CS)NC(=O)CC[C@H](N)C(=O)O.CCOC(=O)[C@@H](N)CCC(=O)N[C@@H](CS)C(=O)NCC(=O)O. The molecule has 4 atom stereocenters. The maximum absolute atomic E-state index is 11.8. The van der Waals surface area contributed by atoms with Gasteiger partial charge in [0.05, 0.1) is 13.2 Å². The highest BCUT2D eigenvalue weighted by atomic mass is 32.1. The highest BCUT2D eigenvalue weighted by molar-refractivity contribution is 7.80. The van der Waals surface area contributed by atoms with Crippen LogP contribution in [0.15, 0.2) is 0 Å². The van der Waals surface area contributed by atoms with E-state index in [1.54, 1.807) is 13.8 Å². The number of hydrogen-bond donors (Lipinski definition) is 10. The number of carboxylic acid groups (broad SMARTS) is 2. The zero-order chi connectivity index (χ0) is 34.2. The molecule has 0 bridgehead atoms. The summed E-state index contributed by atoms with van der Waals surface area (Å²) in [4.78, 5) is 89.9. The maximum atomic E-state index is 11.8. The average molecular weight is 671 g/mol. The fourth-order valence-corrected chi connectivity index (χ4v) is 3.28. The highest BCUT2D eigenvalue weighted by Crippen LogP contribution is 2.00. The van der Waals surface area contributed by atoms with Crippen LogP contribution in [0.3, 0.4) is 0 Å². The molecule has 0 aromatic rings. The number of nitrogens with two attached hydrogens (primary N) is 2. The highest BCUT2D eigenvalue weighted by Gasteiger charge is 2.22. The molecule has 0 aliphatic carbocycles. The molecule has 0 unspecified atom stereocenters. The first-order chi connectivity index (χ1) is 20.6. The zero-order valence-electron chi connectivity index (χ0n) is 24.4. The predicted octanol–water partition coefficient (Wildman–Crippen LogP) is -3.46. The number of nitrogens with one attached hydrogen (secondary N) is 4. The number of aliphatic carboxylic acids is 2. The molecule has 44 heavy (non-hydrogen) atoms. The Morgan fingerprint density at radius 1 is 0.705 bits per heavy atom. The molecule has 4 amide bonds. The smallest absolute Gasteiger partial charge is 0.325 e. The molecule has 0 aliphatic rings. The molecule has 0 aromatic carbocycles. The van der Waals surface area contributed by atoms with Crippen LogP contribution in [-0.2, 0) is 47.8 Å². The summed E-state index contributed by atoms with van der Waals surface area (Å²) in [6.07, 6.45) is -0.190. The molecular weight excluding hydrogens is 628 g/mol. The van der Waals surface area contributed by atoms with Gasteiger partial charge in [-0.1, -0.05) is 0 Å². The molecule has 0 radical (unpaired) electrons. The third-order valence-electron chi connectivity index (χ3n) is 5.07. The van der Waals surface area contributed by atoms with Crippen molar-refractivity contribution in [3.05, 3.63) is 0 Å². The van der Waals surface area contributed by atoms with Crippen molar-refractivity contribution < 1.29 is 58.0 Å². The lowest BCUT2D eigenvalue weighted by atomic mass is 10.1. The molecule has 0 saturated heterocycles. The molecule has 0 fully saturated rings. The number of carbonyl (C=O) groups is 8. The van der Waals surface area contributed by atoms with E-state index in [4.69, 9.17) is 26.4 Å². The Labute approximate surface area is 264 Å². The third-order valence-corrected chi connectivity index (χ3v) is 5.80. The van der Waals surface area contributed by atoms with Gasteiger partial charge in [0.2, 0.25) is 23.6 Å². The van der Waals surface area contributed by atoms with E-state index in [1.165, 1.54) is 0 Å². The van der Waals surface area contributed by atoms with E-state index in [-0.39, 0.29) is 56.9 Å². The summed E-state index contributed by atoms with van der Waals surface area (Å²) in [5, 5.41) is 26.3. The molecule has 0 rings (SSSR count). The molecule has 20 heteroatoms. The van der Waals surface area contributed by atoms with Crippen LogP contribution < -0.4 is 32.7 Å². The topological polar surface area (TPSA) is 296 Å². The minimum atomic E-state index is -1.20. The van der Waals surface area contributed by atoms with Crippen LogP contribution in [0, 0.1) is 0 Å².